The second kappa shape index (κ2) is 8.54. The molecule has 0 aliphatic rings. The quantitative estimate of drug-likeness (QED) is 0.399. The normalized spacial score (nSPS) is 12.4. The third-order valence-electron chi connectivity index (χ3n) is 1.78. The van der Waals surface area contributed by atoms with Gasteiger partial charge >= 0.3 is 0 Å². The van der Waals surface area contributed by atoms with Crippen LogP contribution in [-0.4, -0.2) is 12.7 Å². The molecule has 1 atom stereocenters. The predicted octanol–water partition coefficient (Wildman–Crippen LogP) is 3.32. The Morgan fingerprint density at radius 3 is 2.58 bits per heavy atom. The van der Waals surface area contributed by atoms with Crippen LogP contribution in [0.4, 0.5) is 0 Å². The zero-order valence-corrected chi connectivity index (χ0v) is 8.09. The number of hydrogen-bond donors (Lipinski definition) is 0. The molecule has 1 unspecified atom stereocenters. The molecule has 0 fully saturated rings. The second-order valence-electron chi connectivity index (χ2n) is 2.89. The summed E-state index contributed by atoms with van der Waals surface area (Å²) in [6.45, 7) is 10.2. The SMILES string of the molecule is C=CCOC(C=C)CCCCC. The molecule has 0 aromatic heterocycles. The lowest BCUT2D eigenvalue weighted by Gasteiger charge is -2.11. The van der Waals surface area contributed by atoms with E-state index in [2.05, 4.69) is 20.1 Å². The molecule has 0 aliphatic heterocycles. The molecule has 0 rings (SSSR count). The average molecular weight is 168 g/mol. The van der Waals surface area contributed by atoms with Crippen LogP contribution >= 0.6 is 0 Å². The lowest BCUT2D eigenvalue weighted by molar-refractivity contribution is 0.101. The fourth-order valence-corrected chi connectivity index (χ4v) is 1.06. The highest BCUT2D eigenvalue weighted by Crippen LogP contribution is 2.07. The van der Waals surface area contributed by atoms with Gasteiger partial charge in [-0.1, -0.05) is 38.3 Å². The van der Waals surface area contributed by atoms with Crippen LogP contribution in [0, 0.1) is 0 Å². The van der Waals surface area contributed by atoms with Crippen LogP contribution in [0.25, 0.3) is 0 Å². The van der Waals surface area contributed by atoms with Gasteiger partial charge in [0.25, 0.3) is 0 Å². The van der Waals surface area contributed by atoms with E-state index in [1.165, 1.54) is 19.3 Å². The third-order valence-corrected chi connectivity index (χ3v) is 1.78. The molecule has 1 nitrogen and oxygen atoms in total. The van der Waals surface area contributed by atoms with Crippen molar-refractivity contribution in [3.8, 4) is 0 Å². The first-order chi connectivity index (χ1) is 5.85. The van der Waals surface area contributed by atoms with Crippen LogP contribution in [0.5, 0.6) is 0 Å². The Bertz CT molecular complexity index is 118. The molecule has 12 heavy (non-hydrogen) atoms. The van der Waals surface area contributed by atoms with E-state index in [0.29, 0.717) is 6.61 Å². The summed E-state index contributed by atoms with van der Waals surface area (Å²) in [5.41, 5.74) is 0. The van der Waals surface area contributed by atoms with Gasteiger partial charge in [-0.05, 0) is 6.42 Å². The van der Waals surface area contributed by atoms with Crippen LogP contribution in [0.3, 0.4) is 0 Å². The van der Waals surface area contributed by atoms with Crippen LogP contribution < -0.4 is 0 Å². The van der Waals surface area contributed by atoms with Gasteiger partial charge in [-0.15, -0.1) is 13.2 Å². The molecular weight excluding hydrogens is 148 g/mol. The maximum Gasteiger partial charge on any atom is 0.0757 e. The summed E-state index contributed by atoms with van der Waals surface area (Å²) in [6, 6.07) is 0. The van der Waals surface area contributed by atoms with Crippen LogP contribution in [0.1, 0.15) is 32.6 Å². The summed E-state index contributed by atoms with van der Waals surface area (Å²) >= 11 is 0. The molecule has 0 spiro atoms. The van der Waals surface area contributed by atoms with Gasteiger partial charge in [0.2, 0.25) is 0 Å². The molecule has 0 saturated heterocycles. The summed E-state index contributed by atoms with van der Waals surface area (Å²) in [5, 5.41) is 0. The van der Waals surface area contributed by atoms with E-state index in [0.717, 1.165) is 6.42 Å². The second-order valence-corrected chi connectivity index (χ2v) is 2.89. The van der Waals surface area contributed by atoms with Crippen molar-refractivity contribution in [2.75, 3.05) is 6.61 Å². The van der Waals surface area contributed by atoms with Gasteiger partial charge in [0.15, 0.2) is 0 Å². The number of unbranched alkanes of at least 4 members (excludes halogenated alkanes) is 2. The maximum absolute atomic E-state index is 5.45. The molecular formula is C11H20O. The summed E-state index contributed by atoms with van der Waals surface area (Å²) in [5.74, 6) is 0. The molecule has 0 radical (unpaired) electrons. The average Bonchev–Trinajstić information content (AvgIpc) is 2.11. The van der Waals surface area contributed by atoms with E-state index in [9.17, 15) is 0 Å². The lowest BCUT2D eigenvalue weighted by Crippen LogP contribution is -2.09. The fraction of sp³-hybridized carbons (Fsp3) is 0.636. The smallest absolute Gasteiger partial charge is 0.0757 e. The standard InChI is InChI=1S/C11H20O/c1-4-7-8-9-11(6-3)12-10-5-2/h5-6,11H,2-4,7-10H2,1H3. The Labute approximate surface area is 76.1 Å². The van der Waals surface area contributed by atoms with Gasteiger partial charge in [-0.2, -0.15) is 0 Å². The largest absolute Gasteiger partial charge is 0.370 e. The van der Waals surface area contributed by atoms with Crippen molar-refractivity contribution in [1.82, 2.24) is 0 Å². The lowest BCUT2D eigenvalue weighted by atomic mass is 10.1. The summed E-state index contributed by atoms with van der Waals surface area (Å²) < 4.78 is 5.45. The monoisotopic (exact) mass is 168 g/mol. The molecule has 0 aromatic carbocycles. The highest BCUT2D eigenvalue weighted by Gasteiger charge is 2.01. The molecule has 1 heteroatoms. The van der Waals surface area contributed by atoms with Gasteiger partial charge in [-0.3, -0.25) is 0 Å². The summed E-state index contributed by atoms with van der Waals surface area (Å²) in [4.78, 5) is 0. The molecule has 0 N–H and O–H groups in total. The van der Waals surface area contributed by atoms with Crippen LogP contribution in [-0.2, 0) is 4.74 Å². The van der Waals surface area contributed by atoms with Crippen molar-refractivity contribution in [1.29, 1.82) is 0 Å². The molecule has 0 aliphatic carbocycles. The Kier molecular flexibility index (Phi) is 8.14. The molecule has 0 amide bonds. The van der Waals surface area contributed by atoms with Crippen molar-refractivity contribution in [2.45, 2.75) is 38.7 Å². The minimum atomic E-state index is 0.217. The summed E-state index contributed by atoms with van der Waals surface area (Å²) in [6.07, 6.45) is 8.72. The van der Waals surface area contributed by atoms with Crippen LogP contribution in [0.2, 0.25) is 0 Å². The number of ether oxygens (including phenoxy) is 1. The van der Waals surface area contributed by atoms with E-state index >= 15 is 0 Å². The summed E-state index contributed by atoms with van der Waals surface area (Å²) in [7, 11) is 0. The molecule has 0 heterocycles. The van der Waals surface area contributed by atoms with Gasteiger partial charge in [0.1, 0.15) is 0 Å². The predicted molar refractivity (Wildman–Crippen MR) is 54.3 cm³/mol. The van der Waals surface area contributed by atoms with E-state index < -0.39 is 0 Å². The van der Waals surface area contributed by atoms with Crippen molar-refractivity contribution in [3.05, 3.63) is 25.3 Å². The topological polar surface area (TPSA) is 9.23 Å². The van der Waals surface area contributed by atoms with Crippen molar-refractivity contribution in [3.63, 3.8) is 0 Å². The van der Waals surface area contributed by atoms with Gasteiger partial charge in [0.05, 0.1) is 12.7 Å². The van der Waals surface area contributed by atoms with Crippen molar-refractivity contribution >= 4 is 0 Å². The maximum atomic E-state index is 5.45. The van der Waals surface area contributed by atoms with E-state index in [1.54, 1.807) is 6.08 Å². The van der Waals surface area contributed by atoms with Crippen LogP contribution in [0.15, 0.2) is 25.3 Å². The zero-order valence-electron chi connectivity index (χ0n) is 8.09. The van der Waals surface area contributed by atoms with Gasteiger partial charge in [0, 0.05) is 0 Å². The highest BCUT2D eigenvalue weighted by molar-refractivity contribution is 4.81. The van der Waals surface area contributed by atoms with E-state index in [4.69, 9.17) is 4.74 Å². The zero-order chi connectivity index (χ0) is 9.23. The van der Waals surface area contributed by atoms with E-state index in [1.807, 2.05) is 6.08 Å². The number of hydrogen-bond acceptors (Lipinski definition) is 1. The fourth-order valence-electron chi connectivity index (χ4n) is 1.06. The first-order valence-electron chi connectivity index (χ1n) is 4.70. The molecule has 0 bridgehead atoms. The number of rotatable bonds is 8. The van der Waals surface area contributed by atoms with Crippen molar-refractivity contribution in [2.24, 2.45) is 0 Å². The third kappa shape index (κ3) is 6.17. The minimum absolute atomic E-state index is 0.217. The van der Waals surface area contributed by atoms with Gasteiger partial charge in [-0.25, -0.2) is 0 Å². The molecule has 0 saturated carbocycles. The Morgan fingerprint density at radius 2 is 2.08 bits per heavy atom. The molecule has 0 aromatic rings. The first kappa shape index (κ1) is 11.4. The van der Waals surface area contributed by atoms with E-state index in [-0.39, 0.29) is 6.10 Å². The Morgan fingerprint density at radius 1 is 1.33 bits per heavy atom. The Hall–Kier alpha value is -0.560. The Balaban J connectivity index is 3.38. The minimum Gasteiger partial charge on any atom is -0.370 e. The first-order valence-corrected chi connectivity index (χ1v) is 4.70. The van der Waals surface area contributed by atoms with Crippen molar-refractivity contribution < 1.29 is 4.74 Å². The highest BCUT2D eigenvalue weighted by atomic mass is 16.5. The van der Waals surface area contributed by atoms with Gasteiger partial charge < -0.3 is 4.74 Å². The molecule has 70 valence electrons.